The van der Waals surface area contributed by atoms with E-state index < -0.39 is 0 Å². The molecule has 0 aliphatic carbocycles. The van der Waals surface area contributed by atoms with Crippen molar-refractivity contribution < 1.29 is 14.3 Å². The van der Waals surface area contributed by atoms with Crippen molar-refractivity contribution in [3.8, 4) is 0 Å². The molecule has 1 aliphatic rings. The number of nitrogens with zero attached hydrogens (tertiary/aromatic N) is 1. The van der Waals surface area contributed by atoms with Crippen LogP contribution in [0.4, 0.5) is 4.79 Å². The highest BCUT2D eigenvalue weighted by Gasteiger charge is 2.32. The van der Waals surface area contributed by atoms with Crippen LogP contribution < -0.4 is 0 Å². The number of carbonyl (C=O) groups excluding carboxylic acids is 1. The minimum Gasteiger partial charge on any atom is -0.445 e. The number of amides is 1. The largest absolute Gasteiger partial charge is 0.445 e. The van der Waals surface area contributed by atoms with Crippen LogP contribution in [0.2, 0.25) is 0 Å². The SMILES string of the molecule is CC.O=C(OCc1ccccc1)N1CC(OCc2ccccc2)C1. The van der Waals surface area contributed by atoms with Gasteiger partial charge in [-0.1, -0.05) is 74.5 Å². The predicted molar refractivity (Wildman–Crippen MR) is 94.6 cm³/mol. The lowest BCUT2D eigenvalue weighted by atomic mass is 10.2. The molecular formula is C20H25NO3. The van der Waals surface area contributed by atoms with Gasteiger partial charge in [-0.05, 0) is 11.1 Å². The average Bonchev–Trinajstić information content (AvgIpc) is 2.62. The van der Waals surface area contributed by atoms with Gasteiger partial charge < -0.3 is 14.4 Å². The summed E-state index contributed by atoms with van der Waals surface area (Å²) in [7, 11) is 0. The number of hydrogen-bond donors (Lipinski definition) is 0. The number of likely N-dealkylation sites (tertiary alicyclic amines) is 1. The van der Waals surface area contributed by atoms with Crippen LogP contribution in [-0.2, 0) is 22.7 Å². The minimum atomic E-state index is -0.275. The van der Waals surface area contributed by atoms with Crippen LogP contribution >= 0.6 is 0 Å². The summed E-state index contributed by atoms with van der Waals surface area (Å²) >= 11 is 0. The Morgan fingerprint density at radius 2 is 1.42 bits per heavy atom. The maximum Gasteiger partial charge on any atom is 0.410 e. The molecule has 1 heterocycles. The molecule has 0 atom stereocenters. The first-order valence-electron chi connectivity index (χ1n) is 8.42. The molecule has 24 heavy (non-hydrogen) atoms. The Balaban J connectivity index is 0.00000100. The number of hydrogen-bond acceptors (Lipinski definition) is 3. The summed E-state index contributed by atoms with van der Waals surface area (Å²) < 4.78 is 11.0. The van der Waals surface area contributed by atoms with E-state index in [1.165, 1.54) is 0 Å². The van der Waals surface area contributed by atoms with Gasteiger partial charge in [-0.25, -0.2) is 4.79 Å². The number of rotatable bonds is 5. The van der Waals surface area contributed by atoms with E-state index in [1.807, 2.05) is 74.5 Å². The van der Waals surface area contributed by atoms with Crippen LogP contribution in [0.15, 0.2) is 60.7 Å². The highest BCUT2D eigenvalue weighted by atomic mass is 16.6. The first kappa shape index (κ1) is 18.0. The van der Waals surface area contributed by atoms with E-state index in [1.54, 1.807) is 4.90 Å². The van der Waals surface area contributed by atoms with Crippen molar-refractivity contribution in [1.82, 2.24) is 4.90 Å². The van der Waals surface area contributed by atoms with Gasteiger partial charge in [0.25, 0.3) is 0 Å². The van der Waals surface area contributed by atoms with E-state index in [-0.39, 0.29) is 12.2 Å². The lowest BCUT2D eigenvalue weighted by Crippen LogP contribution is -2.54. The number of benzene rings is 2. The van der Waals surface area contributed by atoms with Gasteiger partial charge >= 0.3 is 6.09 Å². The third-order valence-electron chi connectivity index (χ3n) is 3.64. The maximum atomic E-state index is 11.9. The minimum absolute atomic E-state index is 0.101. The zero-order chi connectivity index (χ0) is 17.2. The van der Waals surface area contributed by atoms with Crippen LogP contribution in [0.25, 0.3) is 0 Å². The van der Waals surface area contributed by atoms with Crippen molar-refractivity contribution in [2.24, 2.45) is 0 Å². The summed E-state index contributed by atoms with van der Waals surface area (Å²) in [6.45, 7) is 6.09. The van der Waals surface area contributed by atoms with Gasteiger partial charge in [-0.3, -0.25) is 0 Å². The van der Waals surface area contributed by atoms with E-state index >= 15 is 0 Å². The van der Waals surface area contributed by atoms with E-state index in [0.29, 0.717) is 26.3 Å². The molecule has 1 saturated heterocycles. The predicted octanol–water partition coefficient (Wildman–Crippen LogP) is 4.25. The molecule has 1 fully saturated rings. The third kappa shape index (κ3) is 5.39. The van der Waals surface area contributed by atoms with Gasteiger partial charge in [0.05, 0.1) is 25.8 Å². The van der Waals surface area contributed by atoms with Crippen molar-refractivity contribution in [2.75, 3.05) is 13.1 Å². The van der Waals surface area contributed by atoms with Gasteiger partial charge in [0.1, 0.15) is 6.61 Å². The van der Waals surface area contributed by atoms with Crippen LogP contribution in [0.5, 0.6) is 0 Å². The van der Waals surface area contributed by atoms with E-state index in [2.05, 4.69) is 0 Å². The van der Waals surface area contributed by atoms with Crippen LogP contribution in [0.3, 0.4) is 0 Å². The zero-order valence-corrected chi connectivity index (χ0v) is 14.4. The van der Waals surface area contributed by atoms with E-state index in [4.69, 9.17) is 9.47 Å². The number of carbonyl (C=O) groups is 1. The van der Waals surface area contributed by atoms with Crippen molar-refractivity contribution in [1.29, 1.82) is 0 Å². The fraction of sp³-hybridized carbons (Fsp3) is 0.350. The highest BCUT2D eigenvalue weighted by Crippen LogP contribution is 2.16. The fourth-order valence-electron chi connectivity index (χ4n) is 2.29. The maximum absolute atomic E-state index is 11.9. The number of ether oxygens (including phenoxy) is 2. The fourth-order valence-corrected chi connectivity index (χ4v) is 2.29. The molecule has 0 spiro atoms. The standard InChI is InChI=1S/C18H19NO3.C2H6/c20-18(22-14-16-9-5-2-6-10-16)19-11-17(12-19)21-13-15-7-3-1-4-8-15;1-2/h1-10,17H,11-14H2;1-2H3. The molecule has 1 amide bonds. The summed E-state index contributed by atoms with van der Waals surface area (Å²) in [6, 6.07) is 19.7. The Bertz CT molecular complexity index is 595. The van der Waals surface area contributed by atoms with Gasteiger partial charge in [0, 0.05) is 0 Å². The molecule has 3 rings (SSSR count). The first-order valence-corrected chi connectivity index (χ1v) is 8.42. The second-order valence-electron chi connectivity index (χ2n) is 5.36. The van der Waals surface area contributed by atoms with Crippen LogP contribution in [-0.4, -0.2) is 30.2 Å². The second kappa shape index (κ2) is 9.73. The molecule has 0 radical (unpaired) electrons. The summed E-state index contributed by atoms with van der Waals surface area (Å²) in [4.78, 5) is 13.5. The van der Waals surface area contributed by atoms with Gasteiger partial charge in [-0.15, -0.1) is 0 Å². The third-order valence-corrected chi connectivity index (χ3v) is 3.64. The molecular weight excluding hydrogens is 302 g/mol. The molecule has 2 aromatic carbocycles. The summed E-state index contributed by atoms with van der Waals surface area (Å²) in [5.74, 6) is 0. The average molecular weight is 327 g/mol. The van der Waals surface area contributed by atoms with E-state index in [0.717, 1.165) is 11.1 Å². The quantitative estimate of drug-likeness (QED) is 0.824. The van der Waals surface area contributed by atoms with Crippen molar-refractivity contribution in [3.05, 3.63) is 71.8 Å². The molecule has 2 aromatic rings. The normalized spacial score (nSPS) is 13.5. The van der Waals surface area contributed by atoms with Crippen LogP contribution in [0.1, 0.15) is 25.0 Å². The van der Waals surface area contributed by atoms with Crippen molar-refractivity contribution >= 4 is 6.09 Å². The van der Waals surface area contributed by atoms with E-state index in [9.17, 15) is 4.79 Å². The Hall–Kier alpha value is -2.33. The van der Waals surface area contributed by atoms with Crippen LogP contribution in [0, 0.1) is 0 Å². The molecule has 1 aliphatic heterocycles. The first-order chi connectivity index (χ1) is 11.8. The lowest BCUT2D eigenvalue weighted by molar-refractivity contribution is -0.0581. The molecule has 0 aromatic heterocycles. The van der Waals surface area contributed by atoms with Gasteiger partial charge in [0.2, 0.25) is 0 Å². The Labute approximate surface area is 144 Å². The van der Waals surface area contributed by atoms with Gasteiger partial charge in [0.15, 0.2) is 0 Å². The van der Waals surface area contributed by atoms with Gasteiger partial charge in [-0.2, -0.15) is 0 Å². The summed E-state index contributed by atoms with van der Waals surface area (Å²) in [5, 5.41) is 0. The van der Waals surface area contributed by atoms with Crippen molar-refractivity contribution in [3.63, 3.8) is 0 Å². The Morgan fingerprint density at radius 1 is 0.917 bits per heavy atom. The smallest absolute Gasteiger partial charge is 0.410 e. The molecule has 128 valence electrons. The molecule has 0 unspecified atom stereocenters. The summed E-state index contributed by atoms with van der Waals surface area (Å²) in [6.07, 6.45) is -0.173. The molecule has 0 N–H and O–H groups in total. The Morgan fingerprint density at radius 3 is 1.96 bits per heavy atom. The Kier molecular flexibility index (Phi) is 7.30. The van der Waals surface area contributed by atoms with Crippen molar-refractivity contribution in [2.45, 2.75) is 33.2 Å². The lowest BCUT2D eigenvalue weighted by Gasteiger charge is -2.37. The second-order valence-corrected chi connectivity index (χ2v) is 5.36. The molecule has 4 nitrogen and oxygen atoms in total. The summed E-state index contributed by atoms with van der Waals surface area (Å²) in [5.41, 5.74) is 2.14. The zero-order valence-electron chi connectivity index (χ0n) is 14.4. The molecule has 4 heteroatoms. The molecule has 0 saturated carbocycles. The highest BCUT2D eigenvalue weighted by molar-refractivity contribution is 5.68. The molecule has 0 bridgehead atoms. The topological polar surface area (TPSA) is 38.8 Å². The monoisotopic (exact) mass is 327 g/mol.